The molecule has 0 saturated carbocycles. The predicted molar refractivity (Wildman–Crippen MR) is 72.8 cm³/mol. The Morgan fingerprint density at radius 3 is 2.50 bits per heavy atom. The van der Waals surface area contributed by atoms with Gasteiger partial charge in [-0.3, -0.25) is 9.00 Å². The molecule has 0 aromatic carbocycles. The van der Waals surface area contributed by atoms with Crippen LogP contribution in [-0.4, -0.2) is 32.6 Å². The number of carbonyl (C=O) groups excluding carboxylic acids is 1. The third kappa shape index (κ3) is 4.48. The van der Waals surface area contributed by atoms with E-state index in [0.717, 1.165) is 0 Å². The maximum atomic E-state index is 12.1. The fourth-order valence-electron chi connectivity index (χ4n) is 1.58. The standard InChI is InChI=1S/C13H18O6S/c1-4-11(13(16)18-8(2)3)20(17)7-9-5-6-10(19-9)12(14)15/h5-6,8,11H,4,7H2,1-3H3,(H,14,15). The Hall–Kier alpha value is -1.63. The molecule has 6 nitrogen and oxygen atoms in total. The van der Waals surface area contributed by atoms with E-state index in [4.69, 9.17) is 14.3 Å². The van der Waals surface area contributed by atoms with E-state index in [1.165, 1.54) is 12.1 Å². The third-order valence-electron chi connectivity index (χ3n) is 2.46. The number of hydrogen-bond donors (Lipinski definition) is 1. The molecule has 2 atom stereocenters. The van der Waals surface area contributed by atoms with Crippen molar-refractivity contribution in [2.75, 3.05) is 0 Å². The summed E-state index contributed by atoms with van der Waals surface area (Å²) >= 11 is 0. The van der Waals surface area contributed by atoms with Gasteiger partial charge in [0.05, 0.1) is 11.9 Å². The normalized spacial score (nSPS) is 14.0. The molecule has 20 heavy (non-hydrogen) atoms. The lowest BCUT2D eigenvalue weighted by atomic mass is 10.3. The summed E-state index contributed by atoms with van der Waals surface area (Å²) in [6.45, 7) is 5.19. The van der Waals surface area contributed by atoms with Gasteiger partial charge in [-0.25, -0.2) is 4.79 Å². The molecule has 112 valence electrons. The maximum absolute atomic E-state index is 12.1. The number of carboxylic acids is 1. The first kappa shape index (κ1) is 16.4. The summed E-state index contributed by atoms with van der Waals surface area (Å²) in [4.78, 5) is 22.5. The van der Waals surface area contributed by atoms with Gasteiger partial charge < -0.3 is 14.3 Å². The quantitative estimate of drug-likeness (QED) is 0.774. The van der Waals surface area contributed by atoms with E-state index < -0.39 is 28.0 Å². The molecule has 0 spiro atoms. The number of carboxylic acid groups (broad SMARTS) is 1. The van der Waals surface area contributed by atoms with Gasteiger partial charge in [-0.15, -0.1) is 0 Å². The number of esters is 1. The van der Waals surface area contributed by atoms with E-state index in [2.05, 4.69) is 0 Å². The van der Waals surface area contributed by atoms with Crippen LogP contribution in [0.3, 0.4) is 0 Å². The van der Waals surface area contributed by atoms with Crippen LogP contribution in [0.4, 0.5) is 0 Å². The second kappa shape index (κ2) is 7.23. The molecule has 1 N–H and O–H groups in total. The number of ether oxygens (including phenoxy) is 1. The molecule has 1 rings (SSSR count). The van der Waals surface area contributed by atoms with Gasteiger partial charge in [0.25, 0.3) is 0 Å². The van der Waals surface area contributed by atoms with E-state index >= 15 is 0 Å². The second-order valence-corrected chi connectivity index (χ2v) is 6.10. The highest BCUT2D eigenvalue weighted by Gasteiger charge is 2.26. The number of furan rings is 1. The van der Waals surface area contributed by atoms with E-state index in [9.17, 15) is 13.8 Å². The van der Waals surface area contributed by atoms with E-state index in [1.807, 2.05) is 0 Å². The van der Waals surface area contributed by atoms with Crippen molar-refractivity contribution in [2.45, 2.75) is 44.3 Å². The number of rotatable bonds is 7. The van der Waals surface area contributed by atoms with Crippen LogP contribution in [0.2, 0.25) is 0 Å². The average molecular weight is 302 g/mol. The van der Waals surface area contributed by atoms with Crippen LogP contribution in [0.5, 0.6) is 0 Å². The largest absolute Gasteiger partial charge is 0.475 e. The van der Waals surface area contributed by atoms with Crippen LogP contribution in [0.25, 0.3) is 0 Å². The van der Waals surface area contributed by atoms with Crippen molar-refractivity contribution in [3.05, 3.63) is 23.7 Å². The summed E-state index contributed by atoms with van der Waals surface area (Å²) in [6.07, 6.45) is 0.112. The molecule has 0 aliphatic rings. The molecule has 0 fully saturated rings. The van der Waals surface area contributed by atoms with Gasteiger partial charge >= 0.3 is 11.9 Å². The van der Waals surface area contributed by atoms with Crippen molar-refractivity contribution in [1.82, 2.24) is 0 Å². The molecule has 0 radical (unpaired) electrons. The molecule has 0 amide bonds. The van der Waals surface area contributed by atoms with Gasteiger partial charge in [0, 0.05) is 10.8 Å². The van der Waals surface area contributed by atoms with Gasteiger partial charge in [-0.05, 0) is 32.4 Å². The summed E-state index contributed by atoms with van der Waals surface area (Å²) in [7, 11) is -1.52. The van der Waals surface area contributed by atoms with E-state index in [-0.39, 0.29) is 23.4 Å². The Labute approximate surface area is 119 Å². The van der Waals surface area contributed by atoms with Gasteiger partial charge in [-0.1, -0.05) is 6.92 Å². The summed E-state index contributed by atoms with van der Waals surface area (Å²) in [5.74, 6) is -1.65. The van der Waals surface area contributed by atoms with Crippen molar-refractivity contribution in [3.8, 4) is 0 Å². The predicted octanol–water partition coefficient (Wildman–Crippen LogP) is 1.96. The van der Waals surface area contributed by atoms with E-state index in [0.29, 0.717) is 6.42 Å². The highest BCUT2D eigenvalue weighted by atomic mass is 32.2. The molecular formula is C13H18O6S. The fraction of sp³-hybridized carbons (Fsp3) is 0.538. The van der Waals surface area contributed by atoms with Crippen molar-refractivity contribution in [1.29, 1.82) is 0 Å². The minimum atomic E-state index is -1.52. The lowest BCUT2D eigenvalue weighted by Gasteiger charge is -2.15. The summed E-state index contributed by atoms with van der Waals surface area (Å²) in [6, 6.07) is 2.74. The lowest BCUT2D eigenvalue weighted by Crippen LogP contribution is -2.30. The van der Waals surface area contributed by atoms with Crippen LogP contribution in [-0.2, 0) is 26.1 Å². The van der Waals surface area contributed by atoms with Gasteiger partial charge in [-0.2, -0.15) is 0 Å². The molecule has 0 aliphatic heterocycles. The zero-order valence-electron chi connectivity index (χ0n) is 11.6. The van der Waals surface area contributed by atoms with Crippen LogP contribution >= 0.6 is 0 Å². The Bertz CT molecular complexity index is 505. The van der Waals surface area contributed by atoms with Gasteiger partial charge in [0.2, 0.25) is 5.76 Å². The first-order chi connectivity index (χ1) is 9.35. The molecule has 2 unspecified atom stereocenters. The molecule has 1 heterocycles. The fourth-order valence-corrected chi connectivity index (χ4v) is 2.86. The maximum Gasteiger partial charge on any atom is 0.371 e. The molecule has 0 saturated heterocycles. The molecular weight excluding hydrogens is 284 g/mol. The number of hydrogen-bond acceptors (Lipinski definition) is 5. The summed E-state index contributed by atoms with van der Waals surface area (Å²) < 4.78 is 22.2. The Kier molecular flexibility index (Phi) is 5.94. The Balaban J connectivity index is 2.71. The Morgan fingerprint density at radius 1 is 1.40 bits per heavy atom. The first-order valence-electron chi connectivity index (χ1n) is 6.24. The minimum Gasteiger partial charge on any atom is -0.475 e. The topological polar surface area (TPSA) is 93.8 Å². The van der Waals surface area contributed by atoms with Crippen LogP contribution in [0.1, 0.15) is 43.5 Å². The molecule has 7 heteroatoms. The van der Waals surface area contributed by atoms with Gasteiger partial charge in [0.15, 0.2) is 0 Å². The van der Waals surface area contributed by atoms with Crippen LogP contribution < -0.4 is 0 Å². The van der Waals surface area contributed by atoms with E-state index in [1.54, 1.807) is 20.8 Å². The highest BCUT2D eigenvalue weighted by Crippen LogP contribution is 2.15. The average Bonchev–Trinajstić information content (AvgIpc) is 2.77. The number of carbonyl (C=O) groups is 2. The SMILES string of the molecule is CCC(C(=O)OC(C)C)S(=O)Cc1ccc(C(=O)O)o1. The zero-order valence-corrected chi connectivity index (χ0v) is 12.4. The first-order valence-corrected chi connectivity index (χ1v) is 7.63. The Morgan fingerprint density at radius 2 is 2.05 bits per heavy atom. The molecule has 1 aromatic heterocycles. The summed E-state index contributed by atoms with van der Waals surface area (Å²) in [5, 5.41) is 7.99. The molecule has 0 bridgehead atoms. The van der Waals surface area contributed by atoms with Crippen molar-refractivity contribution >= 4 is 22.7 Å². The van der Waals surface area contributed by atoms with Crippen LogP contribution in [0, 0.1) is 0 Å². The van der Waals surface area contributed by atoms with Gasteiger partial charge in [0.1, 0.15) is 11.0 Å². The monoisotopic (exact) mass is 302 g/mol. The molecule has 1 aromatic rings. The van der Waals surface area contributed by atoms with Crippen molar-refractivity contribution < 1.29 is 28.1 Å². The minimum absolute atomic E-state index is 0.0149. The smallest absolute Gasteiger partial charge is 0.371 e. The van der Waals surface area contributed by atoms with Crippen molar-refractivity contribution in [3.63, 3.8) is 0 Å². The zero-order chi connectivity index (χ0) is 15.3. The highest BCUT2D eigenvalue weighted by molar-refractivity contribution is 7.85. The third-order valence-corrected chi connectivity index (χ3v) is 4.19. The lowest BCUT2D eigenvalue weighted by molar-refractivity contribution is -0.146. The number of aromatic carboxylic acids is 1. The summed E-state index contributed by atoms with van der Waals surface area (Å²) in [5.41, 5.74) is 0. The second-order valence-electron chi connectivity index (χ2n) is 4.48. The van der Waals surface area contributed by atoms with Crippen molar-refractivity contribution in [2.24, 2.45) is 0 Å². The van der Waals surface area contributed by atoms with Crippen LogP contribution in [0.15, 0.2) is 16.5 Å². The molecule has 0 aliphatic carbocycles.